The molecule has 0 spiro atoms. The summed E-state index contributed by atoms with van der Waals surface area (Å²) in [7, 11) is 1.47. The highest BCUT2D eigenvalue weighted by Crippen LogP contribution is 2.07. The van der Waals surface area contributed by atoms with Crippen LogP contribution < -0.4 is 5.32 Å². The van der Waals surface area contributed by atoms with Crippen molar-refractivity contribution >= 4 is 34.5 Å². The standard InChI is InChI=1S/C8H11FN4O2S/c1-13-6(14)4-3-5(12-13)7(15)10-8(11-9)16-2/h3-4H2,1-2H3,(H,10,11,15). The first-order valence-electron chi connectivity index (χ1n) is 4.46. The first kappa shape index (κ1) is 12.6. The molecular weight excluding hydrogens is 235 g/mol. The van der Waals surface area contributed by atoms with Crippen molar-refractivity contribution in [3.8, 4) is 0 Å². The molecule has 0 radical (unpaired) electrons. The van der Waals surface area contributed by atoms with Gasteiger partial charge in [0.2, 0.25) is 5.91 Å². The highest BCUT2D eigenvalue weighted by Gasteiger charge is 2.22. The van der Waals surface area contributed by atoms with Gasteiger partial charge in [-0.25, -0.2) is 5.01 Å². The molecule has 0 aromatic heterocycles. The lowest BCUT2D eigenvalue weighted by Gasteiger charge is -2.18. The SMILES string of the molecule is CS/C(=N\F)NC(=O)C1=NN(C)C(=O)CC1. The molecule has 1 heterocycles. The normalized spacial score (nSPS) is 17.2. The molecule has 0 saturated heterocycles. The van der Waals surface area contributed by atoms with Crippen molar-refractivity contribution in [2.75, 3.05) is 13.3 Å². The van der Waals surface area contributed by atoms with Crippen LogP contribution in [0.15, 0.2) is 10.3 Å². The second kappa shape index (κ2) is 5.59. The zero-order valence-electron chi connectivity index (χ0n) is 8.86. The lowest BCUT2D eigenvalue weighted by Crippen LogP contribution is -2.39. The first-order valence-corrected chi connectivity index (χ1v) is 5.69. The third-order valence-corrected chi connectivity index (χ3v) is 2.52. The molecule has 1 rings (SSSR count). The predicted molar refractivity (Wildman–Crippen MR) is 59.6 cm³/mol. The van der Waals surface area contributed by atoms with Crippen LogP contribution in [0.5, 0.6) is 0 Å². The van der Waals surface area contributed by atoms with Crippen molar-refractivity contribution in [2.24, 2.45) is 10.3 Å². The van der Waals surface area contributed by atoms with Gasteiger partial charge in [-0.2, -0.15) is 5.10 Å². The summed E-state index contributed by atoms with van der Waals surface area (Å²) in [5.41, 5.74) is 0.192. The van der Waals surface area contributed by atoms with Crippen LogP contribution in [-0.2, 0) is 9.59 Å². The molecule has 1 aliphatic rings. The Balaban J connectivity index is 2.68. The van der Waals surface area contributed by atoms with Crippen molar-refractivity contribution in [1.82, 2.24) is 10.3 Å². The lowest BCUT2D eigenvalue weighted by molar-refractivity contribution is -0.130. The molecule has 8 heteroatoms. The van der Waals surface area contributed by atoms with Crippen molar-refractivity contribution in [3.63, 3.8) is 0 Å². The number of halogens is 1. The minimum absolute atomic E-state index is 0.132. The summed E-state index contributed by atoms with van der Waals surface area (Å²) in [6.45, 7) is 0. The summed E-state index contributed by atoms with van der Waals surface area (Å²) in [6.07, 6.45) is 2.06. The van der Waals surface area contributed by atoms with E-state index in [1.54, 1.807) is 6.26 Å². The molecule has 1 aliphatic heterocycles. The van der Waals surface area contributed by atoms with Gasteiger partial charge in [-0.15, -0.1) is 0 Å². The number of rotatable bonds is 1. The largest absolute Gasteiger partial charge is 0.298 e. The Kier molecular flexibility index (Phi) is 4.41. The van der Waals surface area contributed by atoms with Gasteiger partial charge in [0.15, 0.2) is 5.17 Å². The molecule has 2 amide bonds. The minimum atomic E-state index is -0.537. The fourth-order valence-corrected chi connectivity index (χ4v) is 1.37. The molecule has 0 atom stereocenters. The summed E-state index contributed by atoms with van der Waals surface area (Å²) < 4.78 is 12.0. The molecule has 0 fully saturated rings. The summed E-state index contributed by atoms with van der Waals surface area (Å²) in [6, 6.07) is 0. The van der Waals surface area contributed by atoms with Gasteiger partial charge in [0.05, 0.1) is 0 Å². The van der Waals surface area contributed by atoms with Gasteiger partial charge in [-0.1, -0.05) is 21.5 Å². The van der Waals surface area contributed by atoms with Gasteiger partial charge >= 0.3 is 0 Å². The quantitative estimate of drug-likeness (QED) is 0.534. The van der Waals surface area contributed by atoms with E-state index in [2.05, 4.69) is 15.6 Å². The Morgan fingerprint density at radius 2 is 2.31 bits per heavy atom. The summed E-state index contributed by atoms with van der Waals surface area (Å²) in [4.78, 5) is 22.6. The van der Waals surface area contributed by atoms with Crippen LogP contribution in [0.1, 0.15) is 12.8 Å². The van der Waals surface area contributed by atoms with Crippen molar-refractivity contribution in [3.05, 3.63) is 0 Å². The minimum Gasteiger partial charge on any atom is -0.298 e. The summed E-state index contributed by atoms with van der Waals surface area (Å²) in [5.74, 6) is -0.689. The number of nitrogens with one attached hydrogen (secondary N) is 1. The van der Waals surface area contributed by atoms with E-state index < -0.39 is 5.91 Å². The number of hydrogen-bond donors (Lipinski definition) is 1. The topological polar surface area (TPSA) is 74.1 Å². The molecule has 0 aromatic carbocycles. The van der Waals surface area contributed by atoms with Gasteiger partial charge in [-0.3, -0.25) is 14.9 Å². The monoisotopic (exact) mass is 246 g/mol. The Morgan fingerprint density at radius 1 is 1.62 bits per heavy atom. The predicted octanol–water partition coefficient (Wildman–Crippen LogP) is 0.314. The third-order valence-electron chi connectivity index (χ3n) is 1.96. The van der Waals surface area contributed by atoms with E-state index in [0.29, 0.717) is 0 Å². The van der Waals surface area contributed by atoms with Gasteiger partial charge in [0.1, 0.15) is 5.71 Å². The molecule has 1 N–H and O–H groups in total. The van der Waals surface area contributed by atoms with Crippen LogP contribution in [0.3, 0.4) is 0 Å². The smallest absolute Gasteiger partial charge is 0.273 e. The van der Waals surface area contributed by atoms with Gasteiger partial charge < -0.3 is 0 Å². The maximum Gasteiger partial charge on any atom is 0.273 e. The number of amides is 2. The van der Waals surface area contributed by atoms with Crippen molar-refractivity contribution < 1.29 is 14.1 Å². The molecule has 0 bridgehead atoms. The molecule has 6 nitrogen and oxygen atoms in total. The van der Waals surface area contributed by atoms with Crippen LogP contribution >= 0.6 is 11.8 Å². The Hall–Kier alpha value is -1.44. The van der Waals surface area contributed by atoms with E-state index >= 15 is 0 Å². The molecular formula is C8H11FN4O2S. The zero-order chi connectivity index (χ0) is 12.1. The van der Waals surface area contributed by atoms with E-state index in [1.165, 1.54) is 7.05 Å². The number of hydrazone groups is 1. The molecule has 0 aliphatic carbocycles. The Morgan fingerprint density at radius 3 is 2.81 bits per heavy atom. The highest BCUT2D eigenvalue weighted by atomic mass is 32.2. The molecule has 0 aromatic rings. The lowest BCUT2D eigenvalue weighted by atomic mass is 10.1. The fourth-order valence-electron chi connectivity index (χ4n) is 1.11. The maximum atomic E-state index is 12.0. The van der Waals surface area contributed by atoms with Crippen LogP contribution in [0.4, 0.5) is 4.48 Å². The number of hydrogen-bond acceptors (Lipinski definition) is 5. The average Bonchev–Trinajstić information content (AvgIpc) is 2.29. The van der Waals surface area contributed by atoms with E-state index in [0.717, 1.165) is 16.8 Å². The van der Waals surface area contributed by atoms with Crippen molar-refractivity contribution in [2.45, 2.75) is 12.8 Å². The second-order valence-electron chi connectivity index (χ2n) is 3.01. The molecule has 0 unspecified atom stereocenters. The highest BCUT2D eigenvalue weighted by molar-refractivity contribution is 8.13. The van der Waals surface area contributed by atoms with Crippen LogP contribution in [0, 0.1) is 0 Å². The number of thioether (sulfide) groups is 1. The van der Waals surface area contributed by atoms with E-state index in [1.807, 2.05) is 0 Å². The molecule has 0 saturated carbocycles. The first-order chi connectivity index (χ1) is 7.58. The maximum absolute atomic E-state index is 12.0. The molecule has 16 heavy (non-hydrogen) atoms. The number of carbonyl (C=O) groups is 2. The second-order valence-corrected chi connectivity index (χ2v) is 3.81. The third kappa shape index (κ3) is 3.02. The number of nitrogens with zero attached hydrogens (tertiary/aromatic N) is 3. The van der Waals surface area contributed by atoms with E-state index in [4.69, 9.17) is 0 Å². The Bertz CT molecular complexity index is 369. The average molecular weight is 246 g/mol. The molecule has 88 valence electrons. The zero-order valence-corrected chi connectivity index (χ0v) is 9.68. The summed E-state index contributed by atoms with van der Waals surface area (Å²) in [5, 5.41) is 9.39. The van der Waals surface area contributed by atoms with Crippen molar-refractivity contribution in [1.29, 1.82) is 0 Å². The van der Waals surface area contributed by atoms with Gasteiger partial charge in [-0.05, 0) is 6.26 Å². The van der Waals surface area contributed by atoms with E-state index in [9.17, 15) is 14.1 Å². The van der Waals surface area contributed by atoms with E-state index in [-0.39, 0.29) is 29.6 Å². The van der Waals surface area contributed by atoms with Crippen LogP contribution in [0.25, 0.3) is 0 Å². The van der Waals surface area contributed by atoms with Gasteiger partial charge in [0.25, 0.3) is 5.91 Å². The Labute approximate surface area is 95.9 Å². The summed E-state index contributed by atoms with van der Waals surface area (Å²) >= 11 is 0.971. The fraction of sp³-hybridized carbons (Fsp3) is 0.500. The number of carbonyl (C=O) groups excluding carboxylic acids is 2. The van der Waals surface area contributed by atoms with Gasteiger partial charge in [0, 0.05) is 19.9 Å². The number of amidine groups is 1. The van der Waals surface area contributed by atoms with Crippen LogP contribution in [0.2, 0.25) is 0 Å². The van der Waals surface area contributed by atoms with Crippen LogP contribution in [-0.4, -0.2) is 41.0 Å².